The van der Waals surface area contributed by atoms with Gasteiger partial charge in [-0.15, -0.1) is 0 Å². The molecule has 28 heavy (non-hydrogen) atoms. The summed E-state index contributed by atoms with van der Waals surface area (Å²) in [7, 11) is 0. The number of rotatable bonds is 7. The molecular weight excluding hydrogens is 342 g/mol. The van der Waals surface area contributed by atoms with E-state index in [1.807, 2.05) is 12.4 Å². The lowest BCUT2D eigenvalue weighted by molar-refractivity contribution is 0.107. The van der Waals surface area contributed by atoms with E-state index in [1.165, 1.54) is 74.8 Å². The smallest absolute Gasteiger partial charge is 0.0312 e. The maximum absolute atomic E-state index is 4.33. The molecule has 1 aromatic heterocycles. The SMILES string of the molecule is Cc1cccc(CN(Cc2cccnc2)CC2CCN(C3CCCC3)CC2)c1. The number of benzene rings is 1. The van der Waals surface area contributed by atoms with Crippen LogP contribution in [-0.2, 0) is 13.1 Å². The van der Waals surface area contributed by atoms with Gasteiger partial charge in [-0.1, -0.05) is 48.7 Å². The van der Waals surface area contributed by atoms with Crippen molar-refractivity contribution < 1.29 is 0 Å². The van der Waals surface area contributed by atoms with Crippen LogP contribution in [0.2, 0.25) is 0 Å². The maximum atomic E-state index is 4.33. The summed E-state index contributed by atoms with van der Waals surface area (Å²) < 4.78 is 0. The summed E-state index contributed by atoms with van der Waals surface area (Å²) in [6.07, 6.45) is 12.4. The fourth-order valence-corrected chi connectivity index (χ4v) is 5.14. The minimum Gasteiger partial charge on any atom is -0.300 e. The molecule has 1 saturated heterocycles. The maximum Gasteiger partial charge on any atom is 0.0312 e. The Morgan fingerprint density at radius 2 is 1.71 bits per heavy atom. The average molecular weight is 378 g/mol. The van der Waals surface area contributed by atoms with Gasteiger partial charge in [-0.05, 0) is 68.8 Å². The van der Waals surface area contributed by atoms with E-state index in [2.05, 4.69) is 58.1 Å². The summed E-state index contributed by atoms with van der Waals surface area (Å²) in [5.41, 5.74) is 4.09. The van der Waals surface area contributed by atoms with Crippen molar-refractivity contribution in [2.24, 2.45) is 5.92 Å². The van der Waals surface area contributed by atoms with Gasteiger partial charge in [0, 0.05) is 38.1 Å². The molecule has 1 aliphatic carbocycles. The fraction of sp³-hybridized carbons (Fsp3) is 0.560. The quantitative estimate of drug-likeness (QED) is 0.673. The Morgan fingerprint density at radius 3 is 2.43 bits per heavy atom. The first-order valence-electron chi connectivity index (χ1n) is 11.2. The van der Waals surface area contributed by atoms with Crippen LogP contribution in [0.4, 0.5) is 0 Å². The minimum absolute atomic E-state index is 0.819. The molecule has 150 valence electrons. The van der Waals surface area contributed by atoms with E-state index < -0.39 is 0 Å². The molecule has 2 fully saturated rings. The number of likely N-dealkylation sites (tertiary alicyclic amines) is 1. The van der Waals surface area contributed by atoms with Crippen LogP contribution in [-0.4, -0.2) is 40.5 Å². The number of nitrogens with zero attached hydrogens (tertiary/aromatic N) is 3. The zero-order valence-corrected chi connectivity index (χ0v) is 17.4. The molecule has 0 radical (unpaired) electrons. The van der Waals surface area contributed by atoms with Crippen LogP contribution < -0.4 is 0 Å². The van der Waals surface area contributed by atoms with Crippen molar-refractivity contribution in [3.05, 3.63) is 65.5 Å². The lowest BCUT2D eigenvalue weighted by Gasteiger charge is -2.38. The van der Waals surface area contributed by atoms with Crippen LogP contribution in [0.25, 0.3) is 0 Å². The number of hydrogen-bond acceptors (Lipinski definition) is 3. The van der Waals surface area contributed by atoms with Crippen molar-refractivity contribution in [1.29, 1.82) is 0 Å². The highest BCUT2D eigenvalue weighted by molar-refractivity contribution is 5.22. The van der Waals surface area contributed by atoms with Gasteiger partial charge in [0.1, 0.15) is 0 Å². The van der Waals surface area contributed by atoms with Gasteiger partial charge in [0.2, 0.25) is 0 Å². The van der Waals surface area contributed by atoms with Crippen molar-refractivity contribution in [2.75, 3.05) is 19.6 Å². The first-order valence-corrected chi connectivity index (χ1v) is 11.2. The molecule has 0 unspecified atom stereocenters. The third-order valence-electron chi connectivity index (χ3n) is 6.62. The molecule has 0 atom stereocenters. The molecule has 1 saturated carbocycles. The molecule has 3 nitrogen and oxygen atoms in total. The van der Waals surface area contributed by atoms with Gasteiger partial charge < -0.3 is 4.90 Å². The third kappa shape index (κ3) is 5.42. The van der Waals surface area contributed by atoms with E-state index in [0.29, 0.717) is 0 Å². The van der Waals surface area contributed by atoms with Gasteiger partial charge in [-0.3, -0.25) is 9.88 Å². The minimum atomic E-state index is 0.819. The van der Waals surface area contributed by atoms with Crippen LogP contribution in [0.3, 0.4) is 0 Å². The second-order valence-electron chi connectivity index (χ2n) is 8.94. The predicted molar refractivity (Wildman–Crippen MR) is 116 cm³/mol. The van der Waals surface area contributed by atoms with Gasteiger partial charge in [0.15, 0.2) is 0 Å². The van der Waals surface area contributed by atoms with Crippen molar-refractivity contribution in [3.8, 4) is 0 Å². The van der Waals surface area contributed by atoms with Gasteiger partial charge in [0.05, 0.1) is 0 Å². The number of hydrogen-bond donors (Lipinski definition) is 0. The second kappa shape index (κ2) is 9.67. The molecule has 0 spiro atoms. The van der Waals surface area contributed by atoms with Gasteiger partial charge >= 0.3 is 0 Å². The zero-order valence-electron chi connectivity index (χ0n) is 17.4. The molecule has 2 aromatic rings. The highest BCUT2D eigenvalue weighted by atomic mass is 15.2. The zero-order chi connectivity index (χ0) is 19.2. The van der Waals surface area contributed by atoms with E-state index in [0.717, 1.165) is 25.0 Å². The molecule has 1 aromatic carbocycles. The standard InChI is InChI=1S/C25H35N3/c1-21-6-4-7-23(16-21)19-27(20-24-8-5-13-26-17-24)18-22-11-14-28(15-12-22)25-9-2-3-10-25/h4-8,13,16-17,22,25H,2-3,9-12,14-15,18-20H2,1H3. The largest absolute Gasteiger partial charge is 0.300 e. The van der Waals surface area contributed by atoms with E-state index in [1.54, 1.807) is 0 Å². The van der Waals surface area contributed by atoms with Crippen LogP contribution in [0.5, 0.6) is 0 Å². The second-order valence-corrected chi connectivity index (χ2v) is 8.94. The first-order chi connectivity index (χ1) is 13.8. The number of aromatic nitrogens is 1. The molecule has 4 rings (SSSR count). The summed E-state index contributed by atoms with van der Waals surface area (Å²) >= 11 is 0. The molecule has 0 amide bonds. The Kier molecular flexibility index (Phi) is 6.77. The van der Waals surface area contributed by atoms with Crippen LogP contribution >= 0.6 is 0 Å². The summed E-state index contributed by atoms with van der Waals surface area (Å²) in [5, 5.41) is 0. The molecular formula is C25H35N3. The third-order valence-corrected chi connectivity index (χ3v) is 6.62. The molecule has 1 aliphatic heterocycles. The summed E-state index contributed by atoms with van der Waals surface area (Å²) in [5.74, 6) is 0.819. The Labute approximate surface area is 170 Å². The lowest BCUT2D eigenvalue weighted by Crippen LogP contribution is -2.42. The van der Waals surface area contributed by atoms with Crippen LogP contribution in [0, 0.1) is 12.8 Å². The van der Waals surface area contributed by atoms with Crippen LogP contribution in [0.1, 0.15) is 55.2 Å². The van der Waals surface area contributed by atoms with E-state index in [9.17, 15) is 0 Å². The number of pyridine rings is 1. The monoisotopic (exact) mass is 377 g/mol. The molecule has 2 aliphatic rings. The van der Waals surface area contributed by atoms with Gasteiger partial charge in [-0.25, -0.2) is 0 Å². The Morgan fingerprint density at radius 1 is 0.964 bits per heavy atom. The Bertz CT molecular complexity index is 716. The summed E-state index contributed by atoms with van der Waals surface area (Å²) in [4.78, 5) is 9.75. The summed E-state index contributed by atoms with van der Waals surface area (Å²) in [6.45, 7) is 8.01. The molecule has 0 bridgehead atoms. The highest BCUT2D eigenvalue weighted by Crippen LogP contribution is 2.28. The van der Waals surface area contributed by atoms with Crippen molar-refractivity contribution >= 4 is 0 Å². The number of aryl methyl sites for hydroxylation is 1. The van der Waals surface area contributed by atoms with E-state index in [-0.39, 0.29) is 0 Å². The van der Waals surface area contributed by atoms with Crippen molar-refractivity contribution in [3.63, 3.8) is 0 Å². The van der Waals surface area contributed by atoms with Crippen LogP contribution in [0.15, 0.2) is 48.8 Å². The normalized spacial score (nSPS) is 19.5. The lowest BCUT2D eigenvalue weighted by atomic mass is 9.94. The summed E-state index contributed by atoms with van der Waals surface area (Å²) in [6, 6.07) is 14.1. The van der Waals surface area contributed by atoms with E-state index >= 15 is 0 Å². The molecule has 3 heteroatoms. The fourth-order valence-electron chi connectivity index (χ4n) is 5.14. The molecule has 0 N–H and O–H groups in total. The first kappa shape index (κ1) is 19.6. The van der Waals surface area contributed by atoms with Gasteiger partial charge in [-0.2, -0.15) is 0 Å². The average Bonchev–Trinajstić information content (AvgIpc) is 3.24. The highest BCUT2D eigenvalue weighted by Gasteiger charge is 2.27. The van der Waals surface area contributed by atoms with Crippen molar-refractivity contribution in [1.82, 2.24) is 14.8 Å². The topological polar surface area (TPSA) is 19.4 Å². The Hall–Kier alpha value is -1.71. The van der Waals surface area contributed by atoms with Crippen molar-refractivity contribution in [2.45, 2.75) is 64.6 Å². The Balaban J connectivity index is 1.37. The predicted octanol–water partition coefficient (Wildman–Crippen LogP) is 5.05. The molecule has 2 heterocycles. The van der Waals surface area contributed by atoms with Gasteiger partial charge in [0.25, 0.3) is 0 Å². The van der Waals surface area contributed by atoms with E-state index in [4.69, 9.17) is 0 Å². The number of piperidine rings is 1.